The van der Waals surface area contributed by atoms with Gasteiger partial charge in [-0.2, -0.15) is 5.10 Å². The second-order valence-electron chi connectivity index (χ2n) is 6.32. The fourth-order valence-electron chi connectivity index (χ4n) is 3.02. The van der Waals surface area contributed by atoms with Crippen molar-refractivity contribution >= 4 is 17.2 Å². The third kappa shape index (κ3) is 3.64. The van der Waals surface area contributed by atoms with E-state index in [1.165, 1.54) is 0 Å². The van der Waals surface area contributed by atoms with Crippen molar-refractivity contribution in [1.82, 2.24) is 14.6 Å². The fraction of sp³-hybridized carbons (Fsp3) is 0.190. The Hall–Kier alpha value is -3.81. The summed E-state index contributed by atoms with van der Waals surface area (Å²) in [5.41, 5.74) is 2.94. The van der Waals surface area contributed by atoms with E-state index in [4.69, 9.17) is 13.9 Å². The molecule has 0 atom stereocenters. The van der Waals surface area contributed by atoms with Gasteiger partial charge in [0, 0.05) is 35.6 Å². The molecule has 1 amide bonds. The summed E-state index contributed by atoms with van der Waals surface area (Å²) in [7, 11) is 3.11. The van der Waals surface area contributed by atoms with Crippen molar-refractivity contribution in [1.29, 1.82) is 0 Å². The summed E-state index contributed by atoms with van der Waals surface area (Å²) in [5, 5.41) is 7.40. The number of furan rings is 1. The van der Waals surface area contributed by atoms with Gasteiger partial charge in [0.15, 0.2) is 11.4 Å². The number of methoxy groups -OCH3 is 2. The Balaban J connectivity index is 1.69. The summed E-state index contributed by atoms with van der Waals surface area (Å²) >= 11 is 0. The monoisotopic (exact) mass is 392 g/mol. The number of aryl methyl sites for hydroxylation is 1. The molecule has 0 saturated carbocycles. The zero-order valence-corrected chi connectivity index (χ0v) is 16.3. The van der Waals surface area contributed by atoms with Gasteiger partial charge in [0.05, 0.1) is 20.5 Å². The molecule has 4 aromatic rings. The highest BCUT2D eigenvalue weighted by Crippen LogP contribution is 2.26. The minimum Gasteiger partial charge on any atom is -0.497 e. The number of hydrogen-bond donors (Lipinski definition) is 1. The third-order valence-electron chi connectivity index (χ3n) is 4.48. The number of ether oxygens (including phenoxy) is 2. The molecule has 0 saturated heterocycles. The first-order valence-electron chi connectivity index (χ1n) is 9.09. The molecule has 0 aliphatic rings. The molecular weight excluding hydrogens is 372 g/mol. The number of carbonyl (C=O) groups excluding carboxylic acids is 1. The number of aromatic nitrogens is 3. The first-order chi connectivity index (χ1) is 14.1. The molecule has 3 aromatic heterocycles. The van der Waals surface area contributed by atoms with Gasteiger partial charge in [0.2, 0.25) is 0 Å². The van der Waals surface area contributed by atoms with Crippen molar-refractivity contribution in [2.45, 2.75) is 13.3 Å². The van der Waals surface area contributed by atoms with Crippen LogP contribution in [0.2, 0.25) is 0 Å². The second-order valence-corrected chi connectivity index (χ2v) is 6.32. The van der Waals surface area contributed by atoms with Crippen molar-refractivity contribution in [3.05, 3.63) is 60.1 Å². The fourth-order valence-corrected chi connectivity index (χ4v) is 3.02. The summed E-state index contributed by atoms with van der Waals surface area (Å²) < 4.78 is 17.6. The molecule has 148 valence electrons. The Morgan fingerprint density at radius 3 is 2.52 bits per heavy atom. The number of benzene rings is 1. The average molecular weight is 392 g/mol. The molecule has 0 aliphatic heterocycles. The third-order valence-corrected chi connectivity index (χ3v) is 4.48. The highest BCUT2D eigenvalue weighted by molar-refractivity contribution is 6.03. The van der Waals surface area contributed by atoms with Crippen LogP contribution in [0.15, 0.2) is 53.1 Å². The van der Waals surface area contributed by atoms with Crippen molar-refractivity contribution in [3.63, 3.8) is 0 Å². The van der Waals surface area contributed by atoms with Crippen LogP contribution in [0.5, 0.6) is 11.5 Å². The van der Waals surface area contributed by atoms with E-state index in [-0.39, 0.29) is 5.91 Å². The molecule has 4 rings (SSSR count). The molecule has 3 heterocycles. The number of amides is 1. The molecule has 0 aliphatic carbocycles. The van der Waals surface area contributed by atoms with Crippen molar-refractivity contribution < 1.29 is 18.7 Å². The van der Waals surface area contributed by atoms with E-state index in [1.807, 2.05) is 13.0 Å². The number of carbonyl (C=O) groups is 1. The van der Waals surface area contributed by atoms with E-state index < -0.39 is 0 Å². The van der Waals surface area contributed by atoms with Crippen molar-refractivity contribution in [2.24, 2.45) is 0 Å². The van der Waals surface area contributed by atoms with Crippen LogP contribution in [-0.2, 0) is 6.42 Å². The van der Waals surface area contributed by atoms with E-state index in [0.29, 0.717) is 46.4 Å². The maximum Gasteiger partial charge on any atom is 0.274 e. The predicted molar refractivity (Wildman–Crippen MR) is 108 cm³/mol. The van der Waals surface area contributed by atoms with E-state index in [1.54, 1.807) is 61.4 Å². The summed E-state index contributed by atoms with van der Waals surface area (Å²) in [4.78, 5) is 17.3. The number of fused-ring (bicyclic) bond motifs is 1. The lowest BCUT2D eigenvalue weighted by Crippen LogP contribution is -2.16. The van der Waals surface area contributed by atoms with Gasteiger partial charge in [0.1, 0.15) is 22.9 Å². The van der Waals surface area contributed by atoms with E-state index in [2.05, 4.69) is 15.4 Å². The lowest BCUT2D eigenvalue weighted by atomic mass is 10.2. The summed E-state index contributed by atoms with van der Waals surface area (Å²) in [6, 6.07) is 12.3. The number of rotatable bonds is 6. The van der Waals surface area contributed by atoms with Gasteiger partial charge in [-0.05, 0) is 24.6 Å². The zero-order chi connectivity index (χ0) is 20.4. The molecule has 8 heteroatoms. The topological polar surface area (TPSA) is 90.9 Å². The Morgan fingerprint density at radius 1 is 1.14 bits per heavy atom. The van der Waals surface area contributed by atoms with Crippen LogP contribution in [0.3, 0.4) is 0 Å². The van der Waals surface area contributed by atoms with Crippen LogP contribution < -0.4 is 14.8 Å². The summed E-state index contributed by atoms with van der Waals surface area (Å²) in [6.07, 6.45) is 2.28. The van der Waals surface area contributed by atoms with Crippen molar-refractivity contribution in [3.8, 4) is 23.0 Å². The Labute approximate surface area is 167 Å². The molecule has 0 bridgehead atoms. The molecule has 0 radical (unpaired) electrons. The lowest BCUT2D eigenvalue weighted by Gasteiger charge is -2.10. The van der Waals surface area contributed by atoms with Gasteiger partial charge in [-0.15, -0.1) is 0 Å². The van der Waals surface area contributed by atoms with Gasteiger partial charge in [-0.1, -0.05) is 6.92 Å². The van der Waals surface area contributed by atoms with Crippen LogP contribution in [0.1, 0.15) is 23.1 Å². The van der Waals surface area contributed by atoms with E-state index in [0.717, 1.165) is 5.69 Å². The molecule has 0 fully saturated rings. The molecule has 0 unspecified atom stereocenters. The molecule has 1 N–H and O–H groups in total. The summed E-state index contributed by atoms with van der Waals surface area (Å²) in [6.45, 7) is 2.00. The quantitative estimate of drug-likeness (QED) is 0.536. The average Bonchev–Trinajstić information content (AvgIpc) is 3.42. The molecule has 8 nitrogen and oxygen atoms in total. The van der Waals surface area contributed by atoms with Gasteiger partial charge in [-0.3, -0.25) is 4.79 Å². The van der Waals surface area contributed by atoms with Crippen LogP contribution >= 0.6 is 0 Å². The molecule has 1 aromatic carbocycles. The van der Waals surface area contributed by atoms with Gasteiger partial charge < -0.3 is 19.2 Å². The van der Waals surface area contributed by atoms with Crippen LogP contribution in [0.25, 0.3) is 17.1 Å². The Bertz CT molecular complexity index is 1140. The van der Waals surface area contributed by atoms with Gasteiger partial charge in [0.25, 0.3) is 5.91 Å². The van der Waals surface area contributed by atoms with Crippen LogP contribution in [0.4, 0.5) is 5.69 Å². The zero-order valence-electron chi connectivity index (χ0n) is 16.3. The van der Waals surface area contributed by atoms with Crippen LogP contribution in [0, 0.1) is 0 Å². The molecule has 0 spiro atoms. The number of nitrogens with zero attached hydrogens (tertiary/aromatic N) is 3. The predicted octanol–water partition coefficient (Wildman–Crippen LogP) is 3.82. The number of anilines is 1. The first kappa shape index (κ1) is 18.5. The van der Waals surface area contributed by atoms with E-state index in [9.17, 15) is 4.79 Å². The van der Waals surface area contributed by atoms with Gasteiger partial charge >= 0.3 is 0 Å². The van der Waals surface area contributed by atoms with Crippen LogP contribution in [-0.4, -0.2) is 34.7 Å². The minimum absolute atomic E-state index is 0.294. The normalized spacial score (nSPS) is 10.9. The van der Waals surface area contributed by atoms with Crippen molar-refractivity contribution in [2.75, 3.05) is 19.5 Å². The second kappa shape index (κ2) is 7.67. The Kier molecular flexibility index (Phi) is 4.90. The highest BCUT2D eigenvalue weighted by Gasteiger charge is 2.16. The standard InChI is InChI=1S/C21H20N4O4/c1-4-14-10-18(21(26)22-13-8-15(27-2)11-16(9-13)28-3)23-20-12-17(24-25(14)20)19-6-5-7-29-19/h5-12H,4H2,1-3H3,(H,22,26). The molecular formula is C21H20N4O4. The largest absolute Gasteiger partial charge is 0.497 e. The van der Waals surface area contributed by atoms with Gasteiger partial charge in [-0.25, -0.2) is 9.50 Å². The van der Waals surface area contributed by atoms with E-state index >= 15 is 0 Å². The maximum absolute atomic E-state index is 12.9. The summed E-state index contributed by atoms with van der Waals surface area (Å²) in [5.74, 6) is 1.47. The SMILES string of the molecule is CCc1cc(C(=O)Nc2cc(OC)cc(OC)c2)nc2cc(-c3ccco3)nn12. The number of nitrogens with one attached hydrogen (secondary N) is 1. The number of hydrogen-bond acceptors (Lipinski definition) is 6. The molecule has 29 heavy (non-hydrogen) atoms. The first-order valence-corrected chi connectivity index (χ1v) is 9.09. The lowest BCUT2D eigenvalue weighted by molar-refractivity contribution is 0.102. The smallest absolute Gasteiger partial charge is 0.274 e. The highest BCUT2D eigenvalue weighted by atomic mass is 16.5. The Morgan fingerprint density at radius 2 is 1.90 bits per heavy atom. The minimum atomic E-state index is -0.335. The maximum atomic E-state index is 12.9.